The van der Waals surface area contributed by atoms with Gasteiger partial charge in [0.2, 0.25) is 5.95 Å². The number of rotatable bonds is 7. The fourth-order valence-corrected chi connectivity index (χ4v) is 2.14. The summed E-state index contributed by atoms with van der Waals surface area (Å²) < 4.78 is 11.5. The molecule has 0 aliphatic heterocycles. The lowest BCUT2D eigenvalue weighted by Gasteiger charge is -2.12. The second-order valence-corrected chi connectivity index (χ2v) is 5.14. The van der Waals surface area contributed by atoms with Gasteiger partial charge in [0.15, 0.2) is 10.9 Å². The van der Waals surface area contributed by atoms with Crippen LogP contribution in [-0.2, 0) is 6.42 Å². The molecular weight excluding hydrogens is 302 g/mol. The molecule has 0 aliphatic carbocycles. The number of aromatic nitrogens is 2. The summed E-state index contributed by atoms with van der Waals surface area (Å²) in [4.78, 5) is 8.09. The molecule has 22 heavy (non-hydrogen) atoms. The predicted octanol–water partition coefficient (Wildman–Crippen LogP) is 4.25. The summed E-state index contributed by atoms with van der Waals surface area (Å²) in [7, 11) is 0. The van der Waals surface area contributed by atoms with Crippen LogP contribution < -0.4 is 15.2 Å². The zero-order valence-corrected chi connectivity index (χ0v) is 13.6. The van der Waals surface area contributed by atoms with Crippen LogP contribution in [0.25, 0.3) is 0 Å². The molecule has 0 radical (unpaired) electrons. The highest BCUT2D eigenvalue weighted by molar-refractivity contribution is 6.31. The number of nitrogens with two attached hydrogens (primary N) is 1. The number of aryl methyl sites for hydroxylation is 1. The Kier molecular flexibility index (Phi) is 5.83. The zero-order chi connectivity index (χ0) is 15.9. The molecule has 0 unspecified atom stereocenters. The molecule has 0 saturated heterocycles. The fourth-order valence-electron chi connectivity index (χ4n) is 1.90. The first kappa shape index (κ1) is 16.4. The first-order valence-electron chi connectivity index (χ1n) is 7.36. The van der Waals surface area contributed by atoms with E-state index >= 15 is 0 Å². The van der Waals surface area contributed by atoms with Gasteiger partial charge in [-0.15, -0.1) is 0 Å². The van der Waals surface area contributed by atoms with Crippen LogP contribution >= 0.6 is 11.6 Å². The van der Waals surface area contributed by atoms with Crippen molar-refractivity contribution < 1.29 is 9.47 Å². The van der Waals surface area contributed by atoms with E-state index in [1.54, 1.807) is 0 Å². The normalized spacial score (nSPS) is 10.5. The lowest BCUT2D eigenvalue weighted by molar-refractivity contribution is 0.308. The molecule has 6 heteroatoms. The lowest BCUT2D eigenvalue weighted by Crippen LogP contribution is -2.02. The molecular formula is C16H20ClN3O2. The maximum atomic E-state index is 6.12. The third-order valence-corrected chi connectivity index (χ3v) is 3.29. The van der Waals surface area contributed by atoms with Gasteiger partial charge in [0.25, 0.3) is 0 Å². The topological polar surface area (TPSA) is 70.3 Å². The van der Waals surface area contributed by atoms with Crippen LogP contribution in [0, 0.1) is 0 Å². The summed E-state index contributed by atoms with van der Waals surface area (Å²) in [6.07, 6.45) is 2.76. The summed E-state index contributed by atoms with van der Waals surface area (Å²) >= 11 is 6.12. The van der Waals surface area contributed by atoms with Crippen molar-refractivity contribution in [2.45, 2.75) is 33.1 Å². The maximum Gasteiger partial charge on any atom is 0.221 e. The van der Waals surface area contributed by atoms with Crippen LogP contribution in [0.15, 0.2) is 24.3 Å². The minimum absolute atomic E-state index is 0.144. The highest BCUT2D eigenvalue weighted by Gasteiger charge is 2.13. The van der Waals surface area contributed by atoms with Crippen molar-refractivity contribution in [2.24, 2.45) is 0 Å². The molecule has 0 atom stereocenters. The highest BCUT2D eigenvalue weighted by Crippen LogP contribution is 2.33. The Morgan fingerprint density at radius 3 is 2.68 bits per heavy atom. The number of nitrogen functional groups attached to an aromatic ring is 1. The Balaban J connectivity index is 2.19. The van der Waals surface area contributed by atoms with Crippen molar-refractivity contribution in [3.05, 3.63) is 35.1 Å². The Labute approximate surface area is 135 Å². The molecule has 0 bridgehead atoms. The van der Waals surface area contributed by atoms with Crippen LogP contribution in [0.2, 0.25) is 5.15 Å². The maximum absolute atomic E-state index is 6.12. The largest absolute Gasteiger partial charge is 0.493 e. The van der Waals surface area contributed by atoms with E-state index in [0.29, 0.717) is 30.2 Å². The van der Waals surface area contributed by atoms with Gasteiger partial charge >= 0.3 is 0 Å². The monoisotopic (exact) mass is 321 g/mol. The minimum atomic E-state index is 0.144. The van der Waals surface area contributed by atoms with Crippen LogP contribution in [0.4, 0.5) is 5.95 Å². The number of benzene rings is 1. The van der Waals surface area contributed by atoms with Gasteiger partial charge < -0.3 is 15.2 Å². The van der Waals surface area contributed by atoms with Gasteiger partial charge in [-0.2, -0.15) is 4.98 Å². The highest BCUT2D eigenvalue weighted by atomic mass is 35.5. The molecule has 1 aromatic heterocycles. The average molecular weight is 322 g/mol. The first-order chi connectivity index (χ1) is 10.6. The van der Waals surface area contributed by atoms with Crippen LogP contribution in [0.3, 0.4) is 0 Å². The Bertz CT molecular complexity index is 635. The Morgan fingerprint density at radius 1 is 1.18 bits per heavy atom. The molecule has 0 amide bonds. The number of hydrogen-bond donors (Lipinski definition) is 1. The minimum Gasteiger partial charge on any atom is -0.493 e. The standard InChI is InChI=1S/C16H20ClN3O2/c1-3-5-9-21-11-7-6-8-12(10-11)22-14-13(4-2)19-16(18)20-15(14)17/h6-8,10H,3-5,9H2,1-2H3,(H2,18,19,20). The zero-order valence-electron chi connectivity index (χ0n) is 12.8. The molecule has 0 spiro atoms. The predicted molar refractivity (Wildman–Crippen MR) is 87.8 cm³/mol. The van der Waals surface area contributed by atoms with Crippen molar-refractivity contribution in [3.8, 4) is 17.2 Å². The van der Waals surface area contributed by atoms with E-state index in [-0.39, 0.29) is 11.1 Å². The number of ether oxygens (including phenoxy) is 2. The summed E-state index contributed by atoms with van der Waals surface area (Å²) in [6.45, 7) is 4.76. The second kappa shape index (κ2) is 7.84. The van der Waals surface area contributed by atoms with Crippen molar-refractivity contribution in [3.63, 3.8) is 0 Å². The van der Waals surface area contributed by atoms with Crippen molar-refractivity contribution >= 4 is 17.5 Å². The van der Waals surface area contributed by atoms with Gasteiger partial charge in [0.1, 0.15) is 11.5 Å². The third-order valence-electron chi connectivity index (χ3n) is 3.04. The lowest BCUT2D eigenvalue weighted by atomic mass is 10.3. The molecule has 1 aromatic carbocycles. The van der Waals surface area contributed by atoms with Crippen LogP contribution in [-0.4, -0.2) is 16.6 Å². The van der Waals surface area contributed by atoms with Gasteiger partial charge in [0, 0.05) is 6.07 Å². The van der Waals surface area contributed by atoms with E-state index in [1.165, 1.54) is 0 Å². The van der Waals surface area contributed by atoms with E-state index < -0.39 is 0 Å². The van der Waals surface area contributed by atoms with Crippen LogP contribution in [0.5, 0.6) is 17.2 Å². The summed E-state index contributed by atoms with van der Waals surface area (Å²) in [5.74, 6) is 1.96. The molecule has 0 aliphatic rings. The number of halogens is 1. The number of hydrogen-bond acceptors (Lipinski definition) is 5. The van der Waals surface area contributed by atoms with Crippen molar-refractivity contribution in [2.75, 3.05) is 12.3 Å². The molecule has 5 nitrogen and oxygen atoms in total. The Hall–Kier alpha value is -2.01. The summed E-state index contributed by atoms with van der Waals surface area (Å²) in [6, 6.07) is 7.42. The smallest absolute Gasteiger partial charge is 0.221 e. The van der Waals surface area contributed by atoms with E-state index in [9.17, 15) is 0 Å². The van der Waals surface area contributed by atoms with Crippen molar-refractivity contribution in [1.29, 1.82) is 0 Å². The number of anilines is 1. The fraction of sp³-hybridized carbons (Fsp3) is 0.375. The molecule has 0 saturated carbocycles. The number of unbranched alkanes of at least 4 members (excludes halogenated alkanes) is 1. The third kappa shape index (κ3) is 4.24. The molecule has 2 aromatic rings. The molecule has 2 N–H and O–H groups in total. The first-order valence-corrected chi connectivity index (χ1v) is 7.74. The summed E-state index contributed by atoms with van der Waals surface area (Å²) in [5.41, 5.74) is 6.28. The second-order valence-electron chi connectivity index (χ2n) is 4.78. The van der Waals surface area contributed by atoms with Crippen molar-refractivity contribution in [1.82, 2.24) is 9.97 Å². The molecule has 1 heterocycles. The van der Waals surface area contributed by atoms with Gasteiger partial charge in [-0.1, -0.05) is 37.9 Å². The molecule has 0 fully saturated rings. The van der Waals surface area contributed by atoms with Gasteiger partial charge in [0.05, 0.1) is 12.3 Å². The van der Waals surface area contributed by atoms with E-state index in [2.05, 4.69) is 16.9 Å². The average Bonchev–Trinajstić information content (AvgIpc) is 2.50. The molecule has 118 valence electrons. The quantitative estimate of drug-likeness (QED) is 0.610. The molecule has 2 rings (SSSR count). The van der Waals surface area contributed by atoms with E-state index in [1.807, 2.05) is 31.2 Å². The van der Waals surface area contributed by atoms with Gasteiger partial charge in [-0.25, -0.2) is 4.98 Å². The van der Waals surface area contributed by atoms with Crippen LogP contribution in [0.1, 0.15) is 32.4 Å². The van der Waals surface area contributed by atoms with Gasteiger partial charge in [-0.3, -0.25) is 0 Å². The van der Waals surface area contributed by atoms with Gasteiger partial charge in [-0.05, 0) is 25.0 Å². The number of nitrogens with zero attached hydrogens (tertiary/aromatic N) is 2. The SMILES string of the molecule is CCCCOc1cccc(Oc2c(Cl)nc(N)nc2CC)c1. The van der Waals surface area contributed by atoms with E-state index in [4.69, 9.17) is 26.8 Å². The summed E-state index contributed by atoms with van der Waals surface area (Å²) in [5, 5.41) is 0.210. The van der Waals surface area contributed by atoms with E-state index in [0.717, 1.165) is 18.6 Å². The Morgan fingerprint density at radius 2 is 1.95 bits per heavy atom.